The van der Waals surface area contributed by atoms with Crippen LogP contribution in [0.2, 0.25) is 0 Å². The van der Waals surface area contributed by atoms with Gasteiger partial charge in [0.2, 0.25) is 0 Å². The third kappa shape index (κ3) is 5.07. The molecule has 5 nitrogen and oxygen atoms in total. The molecule has 20 heavy (non-hydrogen) atoms. The summed E-state index contributed by atoms with van der Waals surface area (Å²) in [5.41, 5.74) is 1.03. The highest BCUT2D eigenvalue weighted by Gasteiger charge is 2.18. The first-order valence-corrected chi connectivity index (χ1v) is 7.24. The Balaban J connectivity index is 1.75. The fraction of sp³-hybridized carbons (Fsp3) is 0.667. The maximum absolute atomic E-state index is 5.74. The van der Waals surface area contributed by atoms with Crippen molar-refractivity contribution in [1.29, 1.82) is 0 Å². The molecule has 2 rings (SSSR count). The second kappa shape index (κ2) is 7.57. The van der Waals surface area contributed by atoms with Crippen LogP contribution in [0.5, 0.6) is 5.75 Å². The van der Waals surface area contributed by atoms with Crippen molar-refractivity contribution in [3.63, 3.8) is 0 Å². The van der Waals surface area contributed by atoms with Crippen LogP contribution in [0.4, 0.5) is 0 Å². The molecule has 5 heteroatoms. The van der Waals surface area contributed by atoms with Gasteiger partial charge in [-0.25, -0.2) is 0 Å². The predicted molar refractivity (Wildman–Crippen MR) is 78.9 cm³/mol. The molecule has 0 amide bonds. The summed E-state index contributed by atoms with van der Waals surface area (Å²) in [4.78, 5) is 6.65. The molecule has 0 radical (unpaired) electrons. The predicted octanol–water partition coefficient (Wildman–Crippen LogP) is 1.29. The average molecular weight is 279 g/mol. The zero-order valence-corrected chi connectivity index (χ0v) is 12.6. The Morgan fingerprint density at radius 3 is 3.00 bits per heavy atom. The smallest absolute Gasteiger partial charge is 0.137 e. The van der Waals surface area contributed by atoms with E-state index in [1.165, 1.54) is 0 Å². The Labute approximate surface area is 121 Å². The van der Waals surface area contributed by atoms with Gasteiger partial charge in [0.15, 0.2) is 0 Å². The molecule has 1 aliphatic rings. The molecule has 1 atom stereocenters. The maximum Gasteiger partial charge on any atom is 0.137 e. The number of nitrogens with zero attached hydrogens (tertiary/aromatic N) is 2. The van der Waals surface area contributed by atoms with Crippen LogP contribution in [-0.4, -0.2) is 55.4 Å². The standard InChI is InChI=1S/C15H25N3O2/c1-12(2)16-8-13-4-5-14(9-17-13)20-11-15-10-18(3)6-7-19-15/h4-5,9,12,15-16H,6-8,10-11H2,1-3H3. The van der Waals surface area contributed by atoms with E-state index in [-0.39, 0.29) is 6.10 Å². The van der Waals surface area contributed by atoms with E-state index in [4.69, 9.17) is 9.47 Å². The van der Waals surface area contributed by atoms with Crippen LogP contribution in [-0.2, 0) is 11.3 Å². The van der Waals surface area contributed by atoms with E-state index in [0.717, 1.165) is 37.7 Å². The van der Waals surface area contributed by atoms with Gasteiger partial charge in [-0.15, -0.1) is 0 Å². The lowest BCUT2D eigenvalue weighted by Gasteiger charge is -2.29. The normalized spacial score (nSPS) is 20.3. The van der Waals surface area contributed by atoms with Crippen molar-refractivity contribution in [3.8, 4) is 5.75 Å². The average Bonchev–Trinajstić information content (AvgIpc) is 2.44. The molecule has 0 spiro atoms. The van der Waals surface area contributed by atoms with Crippen molar-refractivity contribution < 1.29 is 9.47 Å². The molecule has 0 saturated carbocycles. The van der Waals surface area contributed by atoms with Crippen molar-refractivity contribution in [2.24, 2.45) is 0 Å². The Kier molecular flexibility index (Phi) is 5.76. The van der Waals surface area contributed by atoms with E-state index in [1.807, 2.05) is 12.1 Å². The minimum Gasteiger partial charge on any atom is -0.489 e. The van der Waals surface area contributed by atoms with Gasteiger partial charge in [0.1, 0.15) is 18.5 Å². The number of hydrogen-bond acceptors (Lipinski definition) is 5. The summed E-state index contributed by atoms with van der Waals surface area (Å²) in [6, 6.07) is 4.43. The largest absolute Gasteiger partial charge is 0.489 e. The Hall–Kier alpha value is -1.17. The minimum absolute atomic E-state index is 0.149. The molecule has 1 aromatic rings. The minimum atomic E-state index is 0.149. The Morgan fingerprint density at radius 1 is 1.50 bits per heavy atom. The summed E-state index contributed by atoms with van der Waals surface area (Å²) in [5.74, 6) is 0.801. The first kappa shape index (κ1) is 15.2. The van der Waals surface area contributed by atoms with Crippen molar-refractivity contribution in [3.05, 3.63) is 24.0 Å². The van der Waals surface area contributed by atoms with Crippen LogP contribution in [0.25, 0.3) is 0 Å². The number of likely N-dealkylation sites (N-methyl/N-ethyl adjacent to an activating group) is 1. The summed E-state index contributed by atoms with van der Waals surface area (Å²) in [6.45, 7) is 8.31. The summed E-state index contributed by atoms with van der Waals surface area (Å²) >= 11 is 0. The quantitative estimate of drug-likeness (QED) is 0.850. The fourth-order valence-corrected chi connectivity index (χ4v) is 2.07. The molecule has 1 aliphatic heterocycles. The molecule has 1 N–H and O–H groups in total. The Morgan fingerprint density at radius 2 is 2.35 bits per heavy atom. The van der Waals surface area contributed by atoms with Crippen LogP contribution in [0.1, 0.15) is 19.5 Å². The van der Waals surface area contributed by atoms with Gasteiger partial charge in [0, 0.05) is 25.7 Å². The second-order valence-electron chi connectivity index (χ2n) is 5.59. The lowest BCUT2D eigenvalue weighted by Crippen LogP contribution is -2.42. The SMILES string of the molecule is CC(C)NCc1ccc(OCC2CN(C)CCO2)cn1. The molecule has 0 aliphatic carbocycles. The van der Waals surface area contributed by atoms with Crippen molar-refractivity contribution in [2.75, 3.05) is 33.4 Å². The third-order valence-electron chi connectivity index (χ3n) is 3.27. The Bertz CT molecular complexity index is 395. The number of pyridine rings is 1. The number of ether oxygens (including phenoxy) is 2. The van der Waals surface area contributed by atoms with Gasteiger partial charge in [0.25, 0.3) is 0 Å². The van der Waals surface area contributed by atoms with Crippen molar-refractivity contribution in [2.45, 2.75) is 32.5 Å². The van der Waals surface area contributed by atoms with Crippen LogP contribution < -0.4 is 10.1 Å². The molecule has 1 fully saturated rings. The van der Waals surface area contributed by atoms with Crippen LogP contribution in [0, 0.1) is 0 Å². The summed E-state index contributed by atoms with van der Waals surface area (Å²) in [5, 5.41) is 3.34. The number of aromatic nitrogens is 1. The molecular formula is C15H25N3O2. The van der Waals surface area contributed by atoms with Crippen molar-refractivity contribution >= 4 is 0 Å². The zero-order chi connectivity index (χ0) is 14.4. The lowest BCUT2D eigenvalue weighted by atomic mass is 10.3. The van der Waals surface area contributed by atoms with Gasteiger partial charge in [-0.2, -0.15) is 0 Å². The topological polar surface area (TPSA) is 46.6 Å². The van der Waals surface area contributed by atoms with Gasteiger partial charge >= 0.3 is 0 Å². The number of hydrogen-bond donors (Lipinski definition) is 1. The van der Waals surface area contributed by atoms with Crippen molar-refractivity contribution in [1.82, 2.24) is 15.2 Å². The van der Waals surface area contributed by atoms with E-state index in [2.05, 4.69) is 36.1 Å². The van der Waals surface area contributed by atoms with Gasteiger partial charge in [-0.3, -0.25) is 4.98 Å². The van der Waals surface area contributed by atoms with Crippen LogP contribution >= 0.6 is 0 Å². The monoisotopic (exact) mass is 279 g/mol. The molecule has 1 aromatic heterocycles. The van der Waals surface area contributed by atoms with Gasteiger partial charge < -0.3 is 19.7 Å². The highest BCUT2D eigenvalue weighted by atomic mass is 16.5. The van der Waals surface area contributed by atoms with E-state index in [0.29, 0.717) is 12.6 Å². The summed E-state index contributed by atoms with van der Waals surface area (Å²) in [7, 11) is 2.10. The van der Waals surface area contributed by atoms with Crippen LogP contribution in [0.3, 0.4) is 0 Å². The highest BCUT2D eigenvalue weighted by Crippen LogP contribution is 2.11. The van der Waals surface area contributed by atoms with E-state index >= 15 is 0 Å². The van der Waals surface area contributed by atoms with Crippen LogP contribution in [0.15, 0.2) is 18.3 Å². The van der Waals surface area contributed by atoms with Gasteiger partial charge in [0.05, 0.1) is 18.5 Å². The van der Waals surface area contributed by atoms with E-state index in [1.54, 1.807) is 6.20 Å². The lowest BCUT2D eigenvalue weighted by molar-refractivity contribution is -0.0404. The second-order valence-corrected chi connectivity index (χ2v) is 5.59. The number of nitrogens with one attached hydrogen (secondary N) is 1. The van der Waals surface area contributed by atoms with E-state index in [9.17, 15) is 0 Å². The molecule has 1 unspecified atom stereocenters. The fourth-order valence-electron chi connectivity index (χ4n) is 2.07. The molecule has 112 valence electrons. The molecule has 1 saturated heterocycles. The molecule has 0 aromatic carbocycles. The summed E-state index contributed by atoms with van der Waals surface area (Å²) < 4.78 is 11.4. The first-order chi connectivity index (χ1) is 9.63. The number of morpholine rings is 1. The zero-order valence-electron chi connectivity index (χ0n) is 12.6. The van der Waals surface area contributed by atoms with Gasteiger partial charge in [-0.1, -0.05) is 13.8 Å². The van der Waals surface area contributed by atoms with E-state index < -0.39 is 0 Å². The van der Waals surface area contributed by atoms with Gasteiger partial charge in [-0.05, 0) is 19.2 Å². The summed E-state index contributed by atoms with van der Waals surface area (Å²) in [6.07, 6.45) is 1.93. The first-order valence-electron chi connectivity index (χ1n) is 7.24. The molecule has 0 bridgehead atoms. The molecule has 2 heterocycles. The molecular weight excluding hydrogens is 254 g/mol. The highest BCUT2D eigenvalue weighted by molar-refractivity contribution is 5.19. The third-order valence-corrected chi connectivity index (χ3v) is 3.27. The maximum atomic E-state index is 5.74. The number of rotatable bonds is 6.